The van der Waals surface area contributed by atoms with E-state index in [9.17, 15) is 4.79 Å². The van der Waals surface area contributed by atoms with Gasteiger partial charge in [0.15, 0.2) is 0 Å². The fourth-order valence-electron chi connectivity index (χ4n) is 3.18. The molecule has 5 heteroatoms. The van der Waals surface area contributed by atoms with Crippen molar-refractivity contribution in [3.05, 3.63) is 53.9 Å². The van der Waals surface area contributed by atoms with Gasteiger partial charge in [0.05, 0.1) is 0 Å². The monoisotopic (exact) mass is 338 g/mol. The quantitative estimate of drug-likeness (QED) is 0.893. The molecule has 1 aliphatic heterocycles. The SMILES string of the molecule is Cc1ccc(NC(=O)NCC2CCN(c3ccncc3)CC2)cc1C. The Hall–Kier alpha value is -2.56. The molecule has 5 nitrogen and oxygen atoms in total. The van der Waals surface area contributed by atoms with E-state index in [1.165, 1.54) is 16.8 Å². The van der Waals surface area contributed by atoms with Crippen LogP contribution < -0.4 is 15.5 Å². The molecule has 1 aromatic heterocycles. The minimum absolute atomic E-state index is 0.125. The van der Waals surface area contributed by atoms with Crippen molar-refractivity contribution < 1.29 is 4.79 Å². The van der Waals surface area contributed by atoms with Crippen LogP contribution in [0.25, 0.3) is 0 Å². The number of benzene rings is 1. The fourth-order valence-corrected chi connectivity index (χ4v) is 3.18. The predicted molar refractivity (Wildman–Crippen MR) is 102 cm³/mol. The Balaban J connectivity index is 1.42. The van der Waals surface area contributed by atoms with Crippen molar-refractivity contribution in [2.75, 3.05) is 29.9 Å². The Bertz CT molecular complexity index is 709. The largest absolute Gasteiger partial charge is 0.371 e. The molecular weight excluding hydrogens is 312 g/mol. The van der Waals surface area contributed by atoms with Gasteiger partial charge in [-0.15, -0.1) is 0 Å². The molecule has 2 heterocycles. The minimum Gasteiger partial charge on any atom is -0.371 e. The lowest BCUT2D eigenvalue weighted by atomic mass is 9.96. The number of hydrogen-bond acceptors (Lipinski definition) is 3. The molecule has 0 radical (unpaired) electrons. The number of carbonyl (C=O) groups excluding carboxylic acids is 1. The summed E-state index contributed by atoms with van der Waals surface area (Å²) < 4.78 is 0. The number of piperidine rings is 1. The van der Waals surface area contributed by atoms with Gasteiger partial charge in [-0.25, -0.2) is 4.79 Å². The highest BCUT2D eigenvalue weighted by Gasteiger charge is 2.19. The van der Waals surface area contributed by atoms with Crippen LogP contribution in [-0.2, 0) is 0 Å². The number of rotatable bonds is 4. The smallest absolute Gasteiger partial charge is 0.319 e. The van der Waals surface area contributed by atoms with Crippen LogP contribution in [0.5, 0.6) is 0 Å². The van der Waals surface area contributed by atoms with Crippen molar-refractivity contribution in [1.82, 2.24) is 10.3 Å². The molecule has 0 unspecified atom stereocenters. The van der Waals surface area contributed by atoms with Crippen LogP contribution in [0, 0.1) is 19.8 Å². The molecule has 3 rings (SSSR count). The third-order valence-corrected chi connectivity index (χ3v) is 4.96. The first-order valence-electron chi connectivity index (χ1n) is 8.89. The van der Waals surface area contributed by atoms with E-state index in [0.717, 1.165) is 38.2 Å². The van der Waals surface area contributed by atoms with Crippen LogP contribution >= 0.6 is 0 Å². The molecule has 0 spiro atoms. The van der Waals surface area contributed by atoms with E-state index in [1.54, 1.807) is 0 Å². The molecule has 0 bridgehead atoms. The van der Waals surface area contributed by atoms with E-state index in [0.29, 0.717) is 5.92 Å². The van der Waals surface area contributed by atoms with E-state index in [-0.39, 0.29) is 6.03 Å². The number of nitrogens with one attached hydrogen (secondary N) is 2. The molecule has 0 aliphatic carbocycles. The van der Waals surface area contributed by atoms with Crippen LogP contribution in [0.15, 0.2) is 42.7 Å². The summed E-state index contributed by atoms with van der Waals surface area (Å²) in [5, 5.41) is 5.93. The first-order chi connectivity index (χ1) is 12.1. The van der Waals surface area contributed by atoms with Gasteiger partial charge in [0.1, 0.15) is 0 Å². The fraction of sp³-hybridized carbons (Fsp3) is 0.400. The maximum Gasteiger partial charge on any atom is 0.319 e. The maximum absolute atomic E-state index is 12.1. The third kappa shape index (κ3) is 4.72. The van der Waals surface area contributed by atoms with Crippen molar-refractivity contribution in [3.63, 3.8) is 0 Å². The number of hydrogen-bond donors (Lipinski definition) is 2. The normalized spacial score (nSPS) is 15.0. The van der Waals surface area contributed by atoms with Crippen molar-refractivity contribution in [1.29, 1.82) is 0 Å². The summed E-state index contributed by atoms with van der Waals surface area (Å²) in [5.41, 5.74) is 4.48. The van der Waals surface area contributed by atoms with Crippen LogP contribution in [0.4, 0.5) is 16.2 Å². The summed E-state index contributed by atoms with van der Waals surface area (Å²) in [4.78, 5) is 18.5. The van der Waals surface area contributed by atoms with Crippen LogP contribution in [0.2, 0.25) is 0 Å². The van der Waals surface area contributed by atoms with Gasteiger partial charge in [0.25, 0.3) is 0 Å². The van der Waals surface area contributed by atoms with Crippen molar-refractivity contribution >= 4 is 17.4 Å². The summed E-state index contributed by atoms with van der Waals surface area (Å²) in [7, 11) is 0. The number of pyridine rings is 1. The van der Waals surface area contributed by atoms with Gasteiger partial charge >= 0.3 is 6.03 Å². The zero-order valence-corrected chi connectivity index (χ0v) is 15.0. The molecule has 1 saturated heterocycles. The van der Waals surface area contributed by atoms with E-state index < -0.39 is 0 Å². The second kappa shape index (κ2) is 8.01. The zero-order valence-electron chi connectivity index (χ0n) is 15.0. The molecule has 25 heavy (non-hydrogen) atoms. The van der Waals surface area contributed by atoms with Crippen molar-refractivity contribution in [2.45, 2.75) is 26.7 Å². The van der Waals surface area contributed by atoms with E-state index >= 15 is 0 Å². The second-order valence-corrected chi connectivity index (χ2v) is 6.77. The standard InChI is InChI=1S/C20H26N4O/c1-15-3-4-18(13-16(15)2)23-20(25)22-14-17-7-11-24(12-8-17)19-5-9-21-10-6-19/h3-6,9-10,13,17H,7-8,11-12,14H2,1-2H3,(H2,22,23,25). The third-order valence-electron chi connectivity index (χ3n) is 4.96. The Morgan fingerprint density at radius 1 is 1.12 bits per heavy atom. The van der Waals surface area contributed by atoms with Crippen LogP contribution in [0.3, 0.4) is 0 Å². The molecule has 0 saturated carbocycles. The number of carbonyl (C=O) groups is 1. The van der Waals surface area contributed by atoms with Crippen LogP contribution in [-0.4, -0.2) is 30.6 Å². The zero-order chi connectivity index (χ0) is 17.6. The van der Waals surface area contributed by atoms with E-state index in [1.807, 2.05) is 30.6 Å². The molecule has 132 valence electrons. The first kappa shape index (κ1) is 17.3. The molecule has 1 aromatic carbocycles. The van der Waals surface area contributed by atoms with Gasteiger partial charge in [0, 0.05) is 43.4 Å². The van der Waals surface area contributed by atoms with Gasteiger partial charge in [-0.2, -0.15) is 0 Å². The van der Waals surface area contributed by atoms with E-state index in [2.05, 4.69) is 46.5 Å². The summed E-state index contributed by atoms with van der Waals surface area (Å²) >= 11 is 0. The Morgan fingerprint density at radius 3 is 2.52 bits per heavy atom. The average Bonchev–Trinajstić information content (AvgIpc) is 2.64. The van der Waals surface area contributed by atoms with Gasteiger partial charge in [0.2, 0.25) is 0 Å². The lowest BCUT2D eigenvalue weighted by molar-refractivity contribution is 0.248. The number of nitrogens with zero attached hydrogens (tertiary/aromatic N) is 2. The molecule has 2 aromatic rings. The predicted octanol–water partition coefficient (Wildman–Crippen LogP) is 3.74. The summed E-state index contributed by atoms with van der Waals surface area (Å²) in [6, 6.07) is 9.95. The Labute approximate surface area is 149 Å². The molecule has 1 fully saturated rings. The second-order valence-electron chi connectivity index (χ2n) is 6.77. The minimum atomic E-state index is -0.125. The van der Waals surface area contributed by atoms with Gasteiger partial charge < -0.3 is 15.5 Å². The molecule has 2 N–H and O–H groups in total. The summed E-state index contributed by atoms with van der Waals surface area (Å²) in [6.45, 7) is 6.89. The Morgan fingerprint density at radius 2 is 1.84 bits per heavy atom. The van der Waals surface area contributed by atoms with E-state index in [4.69, 9.17) is 0 Å². The Kier molecular flexibility index (Phi) is 5.53. The lowest BCUT2D eigenvalue weighted by Gasteiger charge is -2.33. The van der Waals surface area contributed by atoms with Gasteiger partial charge in [-0.1, -0.05) is 6.07 Å². The van der Waals surface area contributed by atoms with Gasteiger partial charge in [-0.05, 0) is 68.0 Å². The number of anilines is 2. The number of urea groups is 1. The highest BCUT2D eigenvalue weighted by Crippen LogP contribution is 2.22. The topological polar surface area (TPSA) is 57.3 Å². The van der Waals surface area contributed by atoms with Crippen molar-refractivity contribution in [3.8, 4) is 0 Å². The molecule has 0 atom stereocenters. The maximum atomic E-state index is 12.1. The molecular formula is C20H26N4O. The highest BCUT2D eigenvalue weighted by atomic mass is 16.2. The number of amides is 2. The van der Waals surface area contributed by atoms with Crippen LogP contribution in [0.1, 0.15) is 24.0 Å². The molecule has 2 amide bonds. The number of aryl methyl sites for hydroxylation is 2. The van der Waals surface area contributed by atoms with Crippen molar-refractivity contribution in [2.24, 2.45) is 5.92 Å². The summed E-state index contributed by atoms with van der Waals surface area (Å²) in [6.07, 6.45) is 5.85. The molecule has 1 aliphatic rings. The first-order valence-corrected chi connectivity index (χ1v) is 8.89. The lowest BCUT2D eigenvalue weighted by Crippen LogP contribution is -2.39. The highest BCUT2D eigenvalue weighted by molar-refractivity contribution is 5.89. The number of aromatic nitrogens is 1. The average molecular weight is 338 g/mol. The summed E-state index contributed by atoms with van der Waals surface area (Å²) in [5.74, 6) is 0.531. The van der Waals surface area contributed by atoms with Gasteiger partial charge in [-0.3, -0.25) is 4.98 Å².